The lowest BCUT2D eigenvalue weighted by molar-refractivity contribution is -0.142. The summed E-state index contributed by atoms with van der Waals surface area (Å²) >= 11 is 0. The van der Waals surface area contributed by atoms with Gasteiger partial charge in [0.25, 0.3) is 0 Å². The zero-order chi connectivity index (χ0) is 26.8. The number of piperidine rings is 1. The van der Waals surface area contributed by atoms with Crippen molar-refractivity contribution in [2.75, 3.05) is 20.3 Å². The van der Waals surface area contributed by atoms with Crippen molar-refractivity contribution in [1.29, 1.82) is 0 Å². The van der Waals surface area contributed by atoms with E-state index in [1.165, 1.54) is 31.4 Å². The third-order valence-corrected chi connectivity index (χ3v) is 7.31. The van der Waals surface area contributed by atoms with Gasteiger partial charge in [-0.25, -0.2) is 0 Å². The molecular weight excluding hydrogens is 500 g/mol. The molecule has 0 aliphatic carbocycles. The van der Waals surface area contributed by atoms with Crippen molar-refractivity contribution in [1.82, 2.24) is 4.90 Å². The fraction of sp³-hybridized carbons (Fsp3) is 0.519. The fourth-order valence-electron chi connectivity index (χ4n) is 5.46. The lowest BCUT2D eigenvalue weighted by Gasteiger charge is -2.46. The van der Waals surface area contributed by atoms with Crippen molar-refractivity contribution in [3.63, 3.8) is 0 Å². The van der Waals surface area contributed by atoms with Crippen LogP contribution in [0.15, 0.2) is 48.5 Å². The summed E-state index contributed by atoms with van der Waals surface area (Å²) in [5, 5.41) is 0. The molecule has 2 saturated heterocycles. The number of benzene rings is 2. The molecule has 4 nitrogen and oxygen atoms in total. The molecular formula is C27H29F6NO3. The summed E-state index contributed by atoms with van der Waals surface area (Å²) in [4.78, 5) is 14.1. The Morgan fingerprint density at radius 3 is 2.08 bits per heavy atom. The topological polar surface area (TPSA) is 38.8 Å². The molecule has 2 heterocycles. The highest BCUT2D eigenvalue weighted by Gasteiger charge is 2.41. The highest BCUT2D eigenvalue weighted by Crippen LogP contribution is 2.45. The molecule has 0 spiro atoms. The van der Waals surface area contributed by atoms with E-state index in [0.717, 1.165) is 30.7 Å². The summed E-state index contributed by atoms with van der Waals surface area (Å²) < 4.78 is 90.0. The summed E-state index contributed by atoms with van der Waals surface area (Å²) in [7, 11) is 1.31. The van der Waals surface area contributed by atoms with Gasteiger partial charge in [0.2, 0.25) is 0 Å². The van der Waals surface area contributed by atoms with Gasteiger partial charge >= 0.3 is 18.3 Å². The van der Waals surface area contributed by atoms with E-state index in [-0.39, 0.29) is 30.5 Å². The molecule has 37 heavy (non-hydrogen) atoms. The molecule has 0 amide bonds. The van der Waals surface area contributed by atoms with Crippen molar-refractivity contribution in [2.45, 2.75) is 62.6 Å². The first-order valence-corrected chi connectivity index (χ1v) is 12.3. The Balaban J connectivity index is 1.71. The van der Waals surface area contributed by atoms with Crippen molar-refractivity contribution in [3.8, 4) is 0 Å². The zero-order valence-corrected chi connectivity index (χ0v) is 20.3. The van der Waals surface area contributed by atoms with E-state index in [0.29, 0.717) is 43.5 Å². The molecule has 0 unspecified atom stereocenters. The maximum absolute atomic E-state index is 13.2. The van der Waals surface area contributed by atoms with Crippen LogP contribution in [0.25, 0.3) is 0 Å². The van der Waals surface area contributed by atoms with Crippen LogP contribution in [0.5, 0.6) is 0 Å². The first kappa shape index (κ1) is 27.4. The van der Waals surface area contributed by atoms with Gasteiger partial charge in [0.05, 0.1) is 30.4 Å². The molecule has 0 radical (unpaired) electrons. The smallest absolute Gasteiger partial charge is 0.416 e. The summed E-state index contributed by atoms with van der Waals surface area (Å²) in [6.45, 7) is 1.03. The van der Waals surface area contributed by atoms with Crippen molar-refractivity contribution in [3.05, 3.63) is 70.8 Å². The number of halogens is 6. The van der Waals surface area contributed by atoms with Gasteiger partial charge in [0.1, 0.15) is 0 Å². The molecule has 2 aliphatic heterocycles. The minimum atomic E-state index is -4.47. The Labute approximate surface area is 211 Å². The van der Waals surface area contributed by atoms with Gasteiger partial charge in [-0.2, -0.15) is 26.3 Å². The highest BCUT2D eigenvalue weighted by atomic mass is 19.4. The normalized spacial score (nSPS) is 24.1. The second-order valence-electron chi connectivity index (χ2n) is 9.66. The van der Waals surface area contributed by atoms with Crippen LogP contribution in [0.4, 0.5) is 26.3 Å². The molecule has 4 atom stereocenters. The molecule has 2 fully saturated rings. The Bertz CT molecular complexity index is 1050. The number of likely N-dealkylation sites (tertiary alicyclic amines) is 1. The summed E-state index contributed by atoms with van der Waals surface area (Å²) in [6, 6.07) is 9.23. The van der Waals surface area contributed by atoms with E-state index in [1.54, 1.807) is 0 Å². The van der Waals surface area contributed by atoms with Gasteiger partial charge in [-0.3, -0.25) is 9.69 Å². The largest absolute Gasteiger partial charge is 0.469 e. The maximum Gasteiger partial charge on any atom is 0.416 e. The third kappa shape index (κ3) is 6.46. The Hall–Kier alpha value is -2.59. The lowest BCUT2D eigenvalue weighted by Crippen LogP contribution is -2.44. The monoisotopic (exact) mass is 529 g/mol. The number of carbonyl (C=O) groups excluding carboxylic acids is 1. The number of hydrogen-bond acceptors (Lipinski definition) is 4. The molecule has 4 rings (SSSR count). The quantitative estimate of drug-likeness (QED) is 0.300. The van der Waals surface area contributed by atoms with Crippen molar-refractivity contribution < 1.29 is 40.6 Å². The van der Waals surface area contributed by atoms with Gasteiger partial charge in [0, 0.05) is 19.1 Å². The van der Waals surface area contributed by atoms with Crippen LogP contribution < -0.4 is 0 Å². The van der Waals surface area contributed by atoms with Crippen LogP contribution in [0.2, 0.25) is 0 Å². The molecule has 2 aromatic rings. The average molecular weight is 530 g/mol. The molecule has 202 valence electrons. The maximum atomic E-state index is 13.2. The van der Waals surface area contributed by atoms with E-state index < -0.39 is 29.5 Å². The standard InChI is InChI=1S/C27H29F6NO3/c1-36-24(35)16-17-12-13-34(22(15-17)18-4-8-20(9-5-18)26(28,29)30)25(23-3-2-14-37-23)19-6-10-21(11-7-19)27(31,32)33/h4-11,17,22-23,25H,2-3,12-16H2,1H3/t17-,22+,23-,25+/m1/s1. The minimum Gasteiger partial charge on any atom is -0.469 e. The summed E-state index contributed by atoms with van der Waals surface area (Å²) in [6.07, 6.45) is -6.37. The van der Waals surface area contributed by atoms with Crippen LogP contribution in [0.1, 0.15) is 66.4 Å². The van der Waals surface area contributed by atoms with Crippen LogP contribution >= 0.6 is 0 Å². The number of esters is 1. The molecule has 2 aliphatic rings. The van der Waals surface area contributed by atoms with Crippen LogP contribution in [0.3, 0.4) is 0 Å². The van der Waals surface area contributed by atoms with Crippen molar-refractivity contribution >= 4 is 5.97 Å². The van der Waals surface area contributed by atoms with E-state index in [4.69, 9.17) is 9.47 Å². The fourth-order valence-corrected chi connectivity index (χ4v) is 5.46. The predicted molar refractivity (Wildman–Crippen MR) is 123 cm³/mol. The minimum absolute atomic E-state index is 0.0475. The van der Waals surface area contributed by atoms with E-state index >= 15 is 0 Å². The second-order valence-corrected chi connectivity index (χ2v) is 9.66. The third-order valence-electron chi connectivity index (χ3n) is 7.31. The molecule has 2 aromatic carbocycles. The number of nitrogens with zero attached hydrogens (tertiary/aromatic N) is 1. The second kappa shape index (κ2) is 11.0. The molecule has 0 bridgehead atoms. The number of carbonyl (C=O) groups is 1. The Morgan fingerprint density at radius 2 is 1.57 bits per heavy atom. The number of ether oxygens (including phenoxy) is 2. The van der Waals surface area contributed by atoms with Gasteiger partial charge in [-0.15, -0.1) is 0 Å². The van der Waals surface area contributed by atoms with Gasteiger partial charge in [0.15, 0.2) is 0 Å². The van der Waals surface area contributed by atoms with Crippen LogP contribution in [-0.2, 0) is 26.6 Å². The first-order valence-electron chi connectivity index (χ1n) is 12.3. The van der Waals surface area contributed by atoms with E-state index in [1.807, 2.05) is 0 Å². The first-order chi connectivity index (χ1) is 17.5. The van der Waals surface area contributed by atoms with Crippen molar-refractivity contribution in [2.24, 2.45) is 5.92 Å². The number of hydrogen-bond donors (Lipinski definition) is 0. The van der Waals surface area contributed by atoms with Crippen LogP contribution in [0, 0.1) is 5.92 Å². The lowest BCUT2D eigenvalue weighted by atomic mass is 9.82. The van der Waals surface area contributed by atoms with E-state index in [2.05, 4.69) is 4.90 Å². The molecule has 0 aromatic heterocycles. The van der Waals surface area contributed by atoms with Crippen LogP contribution in [-0.4, -0.2) is 37.2 Å². The molecule has 10 heteroatoms. The SMILES string of the molecule is COC(=O)C[C@@H]1CCN([C@@H](c2ccc(C(F)(F)F)cc2)[C@H]2CCCO2)[C@H](c2ccc(C(F)(F)F)cc2)C1. The van der Waals surface area contributed by atoms with Gasteiger partial charge in [-0.1, -0.05) is 24.3 Å². The van der Waals surface area contributed by atoms with Gasteiger partial charge < -0.3 is 9.47 Å². The number of methoxy groups -OCH3 is 1. The highest BCUT2D eigenvalue weighted by molar-refractivity contribution is 5.69. The Kier molecular flexibility index (Phi) is 8.18. The number of alkyl halides is 6. The summed E-state index contributed by atoms with van der Waals surface area (Å²) in [5.74, 6) is -0.406. The predicted octanol–water partition coefficient (Wildman–Crippen LogP) is 6.96. The molecule has 0 N–H and O–H groups in total. The average Bonchev–Trinajstić information content (AvgIpc) is 3.38. The zero-order valence-electron chi connectivity index (χ0n) is 20.3. The number of rotatable bonds is 6. The molecule has 0 saturated carbocycles. The Morgan fingerprint density at radius 1 is 0.973 bits per heavy atom. The van der Waals surface area contributed by atoms with Gasteiger partial charge in [-0.05, 0) is 73.5 Å². The summed E-state index contributed by atoms with van der Waals surface area (Å²) in [5.41, 5.74) is -0.206. The van der Waals surface area contributed by atoms with E-state index in [9.17, 15) is 31.1 Å².